The van der Waals surface area contributed by atoms with Crippen molar-refractivity contribution in [1.82, 2.24) is 5.16 Å². The monoisotopic (exact) mass is 324 g/mol. The van der Waals surface area contributed by atoms with Gasteiger partial charge in [0.2, 0.25) is 0 Å². The van der Waals surface area contributed by atoms with Gasteiger partial charge < -0.3 is 14.6 Å². The molecule has 1 aliphatic heterocycles. The molecule has 1 unspecified atom stereocenters. The molecule has 3 aromatic rings. The van der Waals surface area contributed by atoms with Gasteiger partial charge in [0.15, 0.2) is 29.2 Å². The van der Waals surface area contributed by atoms with Gasteiger partial charge in [-0.1, -0.05) is 47.6 Å². The van der Waals surface area contributed by atoms with E-state index in [0.717, 1.165) is 5.56 Å². The number of anilines is 1. The number of aromatic nitrogens is 1. The fraction of sp³-hybridized carbons (Fsp3) is 0.111. The molecule has 1 atom stereocenters. The van der Waals surface area contributed by atoms with E-state index in [0.29, 0.717) is 23.6 Å². The predicted molar refractivity (Wildman–Crippen MR) is 85.1 cm³/mol. The van der Waals surface area contributed by atoms with Crippen LogP contribution in [0.2, 0.25) is 0 Å². The minimum Gasteiger partial charge on any atom is -0.477 e. The summed E-state index contributed by atoms with van der Waals surface area (Å²) in [5, 5.41) is 6.47. The van der Waals surface area contributed by atoms with Gasteiger partial charge in [-0.05, 0) is 6.07 Å². The zero-order chi connectivity index (χ0) is 16.5. The summed E-state index contributed by atoms with van der Waals surface area (Å²) in [6.45, 7) is 0. The average Bonchev–Trinajstić information content (AvgIpc) is 3.23. The highest BCUT2D eigenvalue weighted by molar-refractivity contribution is 5.94. The van der Waals surface area contributed by atoms with Crippen LogP contribution in [-0.4, -0.2) is 17.2 Å². The number of ether oxygens (including phenoxy) is 1. The molecule has 24 heavy (non-hydrogen) atoms. The first-order valence-corrected chi connectivity index (χ1v) is 7.48. The number of carbonyl (C=O) groups excluding carboxylic acids is 1. The molecule has 0 bridgehead atoms. The van der Waals surface area contributed by atoms with Gasteiger partial charge in [0.05, 0.1) is 0 Å². The Kier molecular flexibility index (Phi) is 3.49. The van der Waals surface area contributed by atoms with Crippen molar-refractivity contribution >= 4 is 11.7 Å². The molecular formula is C18H13FN2O3. The number of hydrogen-bond acceptors (Lipinski definition) is 4. The van der Waals surface area contributed by atoms with Crippen LogP contribution < -0.4 is 10.1 Å². The molecule has 0 saturated heterocycles. The molecule has 0 fully saturated rings. The molecule has 5 nitrogen and oxygen atoms in total. The van der Waals surface area contributed by atoms with E-state index in [-0.39, 0.29) is 5.75 Å². The lowest BCUT2D eigenvalue weighted by Crippen LogP contribution is -2.31. The van der Waals surface area contributed by atoms with Gasteiger partial charge >= 0.3 is 0 Å². The lowest BCUT2D eigenvalue weighted by molar-refractivity contribution is -0.122. The number of rotatable bonds is 3. The van der Waals surface area contributed by atoms with Crippen LogP contribution in [0.5, 0.6) is 5.75 Å². The Bertz CT molecular complexity index is 892. The maximum atomic E-state index is 13.7. The Morgan fingerprint density at radius 1 is 1.17 bits per heavy atom. The van der Waals surface area contributed by atoms with Crippen molar-refractivity contribution in [2.45, 2.75) is 12.5 Å². The van der Waals surface area contributed by atoms with Crippen molar-refractivity contribution in [3.63, 3.8) is 0 Å². The number of amides is 1. The topological polar surface area (TPSA) is 64.4 Å². The molecule has 2 heterocycles. The molecule has 6 heteroatoms. The molecule has 1 aromatic heterocycles. The van der Waals surface area contributed by atoms with Crippen molar-refractivity contribution in [3.8, 4) is 17.1 Å². The van der Waals surface area contributed by atoms with Crippen LogP contribution in [0, 0.1) is 5.82 Å². The minimum atomic E-state index is -0.784. The van der Waals surface area contributed by atoms with E-state index >= 15 is 0 Å². The highest BCUT2D eigenvalue weighted by Gasteiger charge is 2.31. The third kappa shape index (κ3) is 2.62. The maximum absolute atomic E-state index is 13.7. The fourth-order valence-corrected chi connectivity index (χ4v) is 2.66. The van der Waals surface area contributed by atoms with Gasteiger partial charge in [0, 0.05) is 23.6 Å². The second-order valence-electron chi connectivity index (χ2n) is 5.47. The summed E-state index contributed by atoms with van der Waals surface area (Å²) >= 11 is 0. The van der Waals surface area contributed by atoms with Crippen LogP contribution in [0.25, 0.3) is 11.3 Å². The maximum Gasteiger partial charge on any atom is 0.267 e. The van der Waals surface area contributed by atoms with Crippen LogP contribution >= 0.6 is 0 Å². The largest absolute Gasteiger partial charge is 0.477 e. The normalized spacial score (nSPS) is 15.6. The van der Waals surface area contributed by atoms with E-state index in [2.05, 4.69) is 10.5 Å². The lowest BCUT2D eigenvalue weighted by atomic mass is 10.1. The van der Waals surface area contributed by atoms with E-state index in [1.807, 2.05) is 30.3 Å². The Hall–Kier alpha value is -3.15. The molecule has 1 amide bonds. The number of nitrogens with one attached hydrogen (secondary N) is 1. The molecule has 1 aliphatic rings. The number of benzene rings is 2. The summed E-state index contributed by atoms with van der Waals surface area (Å²) in [5.41, 5.74) is 1.54. The van der Waals surface area contributed by atoms with Crippen molar-refractivity contribution in [2.24, 2.45) is 0 Å². The van der Waals surface area contributed by atoms with Crippen molar-refractivity contribution in [3.05, 3.63) is 66.0 Å². The molecule has 0 spiro atoms. The van der Waals surface area contributed by atoms with Gasteiger partial charge in [0.25, 0.3) is 5.91 Å². The van der Waals surface area contributed by atoms with Gasteiger partial charge in [-0.15, -0.1) is 0 Å². The van der Waals surface area contributed by atoms with E-state index in [9.17, 15) is 9.18 Å². The molecule has 1 N–H and O–H groups in total. The zero-order valence-electron chi connectivity index (χ0n) is 12.5. The second-order valence-corrected chi connectivity index (χ2v) is 5.47. The fourth-order valence-electron chi connectivity index (χ4n) is 2.66. The van der Waals surface area contributed by atoms with Crippen LogP contribution in [0.3, 0.4) is 0 Å². The predicted octanol–water partition coefficient (Wildman–Crippen LogP) is 3.42. The Morgan fingerprint density at radius 3 is 2.79 bits per heavy atom. The third-order valence-electron chi connectivity index (χ3n) is 3.83. The molecule has 0 aliphatic carbocycles. The van der Waals surface area contributed by atoms with E-state index in [1.54, 1.807) is 18.2 Å². The van der Waals surface area contributed by atoms with Gasteiger partial charge in [-0.3, -0.25) is 4.79 Å². The third-order valence-corrected chi connectivity index (χ3v) is 3.83. The average molecular weight is 324 g/mol. The number of para-hydroxylation sites is 1. The standard InChI is InChI=1S/C18H13FN2O3/c19-13-8-4-7-12-9-15(23-17(12)13)18(22)20-16-10-14(24-21-16)11-5-2-1-3-6-11/h1-8,10,15H,9H2,(H,20,21,22). The highest BCUT2D eigenvalue weighted by Crippen LogP contribution is 2.32. The minimum absolute atomic E-state index is 0.141. The summed E-state index contributed by atoms with van der Waals surface area (Å²) in [4.78, 5) is 12.3. The van der Waals surface area contributed by atoms with Gasteiger partial charge in [0.1, 0.15) is 0 Å². The van der Waals surface area contributed by atoms with Crippen LogP contribution in [0.15, 0.2) is 59.1 Å². The Balaban J connectivity index is 1.46. The summed E-state index contributed by atoms with van der Waals surface area (Å²) in [5.74, 6) is 0.128. The molecule has 120 valence electrons. The van der Waals surface area contributed by atoms with E-state index < -0.39 is 17.8 Å². The molecule has 0 radical (unpaired) electrons. The van der Waals surface area contributed by atoms with Crippen molar-refractivity contribution < 1.29 is 18.4 Å². The van der Waals surface area contributed by atoms with Crippen LogP contribution in [0.4, 0.5) is 10.2 Å². The summed E-state index contributed by atoms with van der Waals surface area (Å²) in [7, 11) is 0. The summed E-state index contributed by atoms with van der Waals surface area (Å²) < 4.78 is 24.3. The number of fused-ring (bicyclic) bond motifs is 1. The number of hydrogen-bond donors (Lipinski definition) is 1. The highest BCUT2D eigenvalue weighted by atomic mass is 19.1. The van der Waals surface area contributed by atoms with Crippen molar-refractivity contribution in [1.29, 1.82) is 0 Å². The first-order valence-electron chi connectivity index (χ1n) is 7.48. The molecule has 4 rings (SSSR count). The first-order chi connectivity index (χ1) is 11.7. The van der Waals surface area contributed by atoms with E-state index in [1.165, 1.54) is 6.07 Å². The second kappa shape index (κ2) is 5.81. The first kappa shape index (κ1) is 14.4. The van der Waals surface area contributed by atoms with Gasteiger partial charge in [-0.25, -0.2) is 4.39 Å². The SMILES string of the molecule is O=C(Nc1cc(-c2ccccc2)on1)C1Cc2cccc(F)c2O1. The zero-order valence-corrected chi connectivity index (χ0v) is 12.5. The molecular weight excluding hydrogens is 311 g/mol. The summed E-state index contributed by atoms with van der Waals surface area (Å²) in [6.07, 6.45) is -0.462. The molecule has 0 saturated carbocycles. The Labute approximate surface area is 137 Å². The smallest absolute Gasteiger partial charge is 0.267 e. The quantitative estimate of drug-likeness (QED) is 0.802. The molecule has 2 aromatic carbocycles. The van der Waals surface area contributed by atoms with Gasteiger partial charge in [-0.2, -0.15) is 0 Å². The van der Waals surface area contributed by atoms with Crippen LogP contribution in [-0.2, 0) is 11.2 Å². The lowest BCUT2D eigenvalue weighted by Gasteiger charge is -2.09. The Morgan fingerprint density at radius 2 is 2.00 bits per heavy atom. The van der Waals surface area contributed by atoms with Crippen LogP contribution in [0.1, 0.15) is 5.56 Å². The number of halogens is 1. The van der Waals surface area contributed by atoms with Crippen molar-refractivity contribution in [2.75, 3.05) is 5.32 Å². The van der Waals surface area contributed by atoms with E-state index in [4.69, 9.17) is 9.26 Å². The number of nitrogens with zero attached hydrogens (tertiary/aromatic N) is 1. The number of carbonyl (C=O) groups is 1. The summed E-state index contributed by atoms with van der Waals surface area (Å²) in [6, 6.07) is 15.7.